The molecule has 0 saturated carbocycles. The molecule has 9 heteroatoms. The highest BCUT2D eigenvalue weighted by atomic mass is 32.1. The van der Waals surface area contributed by atoms with Crippen LogP contribution < -0.4 is 10.1 Å². The molecule has 5 nitrogen and oxygen atoms in total. The first-order chi connectivity index (χ1) is 15.0. The molecule has 0 aliphatic carbocycles. The first-order valence-electron chi connectivity index (χ1n) is 9.21. The SMILES string of the molecule is O=C(Nc1ccn(Cc2ccc(F)cc2)n1)c1cc(COc2ccc(F)cc2F)cs1. The van der Waals surface area contributed by atoms with E-state index < -0.39 is 11.6 Å². The van der Waals surface area contributed by atoms with Crippen molar-refractivity contribution in [2.75, 3.05) is 5.32 Å². The van der Waals surface area contributed by atoms with Crippen LogP contribution in [0.2, 0.25) is 0 Å². The van der Waals surface area contributed by atoms with Gasteiger partial charge in [0.2, 0.25) is 0 Å². The van der Waals surface area contributed by atoms with Crippen molar-refractivity contribution in [3.63, 3.8) is 0 Å². The summed E-state index contributed by atoms with van der Waals surface area (Å²) in [6.45, 7) is 0.481. The number of hydrogen-bond donors (Lipinski definition) is 1. The summed E-state index contributed by atoms with van der Waals surface area (Å²) >= 11 is 1.21. The Bertz CT molecular complexity index is 1200. The number of nitrogens with zero attached hydrogens (tertiary/aromatic N) is 2. The van der Waals surface area contributed by atoms with Crippen molar-refractivity contribution in [2.24, 2.45) is 0 Å². The Balaban J connectivity index is 1.33. The summed E-state index contributed by atoms with van der Waals surface area (Å²) in [7, 11) is 0. The van der Waals surface area contributed by atoms with Crippen LogP contribution in [0.15, 0.2) is 66.2 Å². The summed E-state index contributed by atoms with van der Waals surface area (Å²) in [6, 6.07) is 12.5. The maximum atomic E-state index is 13.6. The number of aromatic nitrogens is 2. The van der Waals surface area contributed by atoms with Crippen molar-refractivity contribution >= 4 is 23.1 Å². The van der Waals surface area contributed by atoms with Gasteiger partial charge in [0.25, 0.3) is 5.91 Å². The zero-order valence-corrected chi connectivity index (χ0v) is 16.8. The van der Waals surface area contributed by atoms with Gasteiger partial charge in [-0.05, 0) is 41.3 Å². The fraction of sp³-hybridized carbons (Fsp3) is 0.0909. The third kappa shape index (κ3) is 5.32. The van der Waals surface area contributed by atoms with Crippen molar-refractivity contribution in [3.05, 3.63) is 99.6 Å². The molecule has 0 bridgehead atoms. The molecule has 0 unspecified atom stereocenters. The van der Waals surface area contributed by atoms with Crippen LogP contribution in [0.25, 0.3) is 0 Å². The van der Waals surface area contributed by atoms with E-state index in [9.17, 15) is 18.0 Å². The Morgan fingerprint density at radius 3 is 2.55 bits per heavy atom. The number of rotatable bonds is 7. The Morgan fingerprint density at radius 1 is 1.00 bits per heavy atom. The van der Waals surface area contributed by atoms with Crippen LogP contribution in [0.4, 0.5) is 19.0 Å². The molecule has 0 saturated heterocycles. The third-order valence-electron chi connectivity index (χ3n) is 4.31. The van der Waals surface area contributed by atoms with Gasteiger partial charge < -0.3 is 10.1 Å². The molecule has 31 heavy (non-hydrogen) atoms. The summed E-state index contributed by atoms with van der Waals surface area (Å²) in [5.41, 5.74) is 1.56. The third-order valence-corrected chi connectivity index (χ3v) is 5.28. The highest BCUT2D eigenvalue weighted by Gasteiger charge is 2.12. The number of hydrogen-bond acceptors (Lipinski definition) is 4. The van der Waals surface area contributed by atoms with Crippen LogP contribution in [0.3, 0.4) is 0 Å². The van der Waals surface area contributed by atoms with E-state index in [-0.39, 0.29) is 24.1 Å². The lowest BCUT2D eigenvalue weighted by Gasteiger charge is -2.05. The first-order valence-corrected chi connectivity index (χ1v) is 10.1. The topological polar surface area (TPSA) is 56.2 Å². The zero-order valence-electron chi connectivity index (χ0n) is 16.0. The quantitative estimate of drug-likeness (QED) is 0.425. The molecule has 1 N–H and O–H groups in total. The minimum Gasteiger partial charge on any atom is -0.486 e. The van der Waals surface area contributed by atoms with Crippen LogP contribution in [-0.4, -0.2) is 15.7 Å². The highest BCUT2D eigenvalue weighted by Crippen LogP contribution is 2.22. The Hall–Kier alpha value is -3.59. The molecule has 2 aromatic heterocycles. The number of nitrogens with one attached hydrogen (secondary N) is 1. The molecule has 1 amide bonds. The molecule has 0 atom stereocenters. The van der Waals surface area contributed by atoms with Gasteiger partial charge in [-0.15, -0.1) is 11.3 Å². The fourth-order valence-corrected chi connectivity index (χ4v) is 3.59. The van der Waals surface area contributed by atoms with E-state index in [1.54, 1.807) is 40.5 Å². The number of carbonyl (C=O) groups excluding carboxylic acids is 1. The minimum absolute atomic E-state index is 0.0403. The molecule has 4 aromatic rings. The van der Waals surface area contributed by atoms with E-state index in [2.05, 4.69) is 10.4 Å². The number of ether oxygens (including phenoxy) is 1. The van der Waals surface area contributed by atoms with E-state index in [0.717, 1.165) is 17.7 Å². The van der Waals surface area contributed by atoms with Gasteiger partial charge in [-0.2, -0.15) is 5.10 Å². The molecule has 0 radical (unpaired) electrons. The van der Waals surface area contributed by atoms with Crippen LogP contribution in [-0.2, 0) is 13.2 Å². The lowest BCUT2D eigenvalue weighted by Crippen LogP contribution is -2.11. The average molecular weight is 443 g/mol. The van der Waals surface area contributed by atoms with E-state index in [4.69, 9.17) is 4.74 Å². The number of benzene rings is 2. The predicted molar refractivity (Wildman–Crippen MR) is 111 cm³/mol. The van der Waals surface area contributed by atoms with E-state index in [1.807, 2.05) is 0 Å². The second kappa shape index (κ2) is 9.05. The van der Waals surface area contributed by atoms with Gasteiger partial charge in [0.05, 0.1) is 11.4 Å². The van der Waals surface area contributed by atoms with Gasteiger partial charge in [0.1, 0.15) is 18.2 Å². The van der Waals surface area contributed by atoms with Crippen molar-refractivity contribution < 1.29 is 22.7 Å². The molecule has 0 fully saturated rings. The first kappa shape index (κ1) is 20.7. The smallest absolute Gasteiger partial charge is 0.266 e. The van der Waals surface area contributed by atoms with Crippen molar-refractivity contribution in [1.29, 1.82) is 0 Å². The van der Waals surface area contributed by atoms with Crippen molar-refractivity contribution in [1.82, 2.24) is 9.78 Å². The van der Waals surface area contributed by atoms with E-state index in [0.29, 0.717) is 22.8 Å². The molecule has 4 rings (SSSR count). The normalized spacial score (nSPS) is 10.8. The zero-order chi connectivity index (χ0) is 21.8. The lowest BCUT2D eigenvalue weighted by molar-refractivity contribution is 0.103. The van der Waals surface area contributed by atoms with Crippen molar-refractivity contribution in [2.45, 2.75) is 13.2 Å². The monoisotopic (exact) mass is 443 g/mol. The fourth-order valence-electron chi connectivity index (χ4n) is 2.79. The van der Waals surface area contributed by atoms with Crippen LogP contribution in [0.1, 0.15) is 20.8 Å². The van der Waals surface area contributed by atoms with Gasteiger partial charge in [0, 0.05) is 23.9 Å². The molecule has 0 aliphatic rings. The summed E-state index contributed by atoms with van der Waals surface area (Å²) in [4.78, 5) is 12.9. The average Bonchev–Trinajstić information content (AvgIpc) is 3.39. The van der Waals surface area contributed by atoms with Gasteiger partial charge in [-0.1, -0.05) is 12.1 Å². The standard InChI is InChI=1S/C22H16F3N3O2S/c23-16-3-1-14(2-4-16)11-28-8-7-21(27-28)26-22(29)20-9-15(13-31-20)12-30-19-6-5-17(24)10-18(19)25/h1-10,13H,11-12H2,(H,26,27,29). The molecule has 0 aliphatic heterocycles. The second-order valence-corrected chi connectivity index (χ2v) is 7.57. The predicted octanol–water partition coefficient (Wildman–Crippen LogP) is 5.24. The van der Waals surface area contributed by atoms with Gasteiger partial charge in [-0.3, -0.25) is 9.48 Å². The number of anilines is 1. The summed E-state index contributed by atoms with van der Waals surface area (Å²) in [6.07, 6.45) is 1.71. The van der Waals surface area contributed by atoms with Crippen LogP contribution in [0.5, 0.6) is 5.75 Å². The largest absolute Gasteiger partial charge is 0.486 e. The number of halogens is 3. The maximum Gasteiger partial charge on any atom is 0.266 e. The number of amides is 1. The van der Waals surface area contributed by atoms with Gasteiger partial charge >= 0.3 is 0 Å². The molecular formula is C22H16F3N3O2S. The Labute approximate surface area is 179 Å². The van der Waals surface area contributed by atoms with Gasteiger partial charge in [0.15, 0.2) is 17.4 Å². The maximum absolute atomic E-state index is 13.6. The Kier molecular flexibility index (Phi) is 6.03. The van der Waals surface area contributed by atoms with Crippen LogP contribution in [0, 0.1) is 17.5 Å². The number of thiophene rings is 1. The highest BCUT2D eigenvalue weighted by molar-refractivity contribution is 7.12. The second-order valence-electron chi connectivity index (χ2n) is 6.66. The Morgan fingerprint density at radius 2 is 1.77 bits per heavy atom. The molecule has 2 aromatic carbocycles. The van der Waals surface area contributed by atoms with Gasteiger partial charge in [-0.25, -0.2) is 13.2 Å². The summed E-state index contributed by atoms with van der Waals surface area (Å²) in [5.74, 6) is -1.79. The van der Waals surface area contributed by atoms with Crippen LogP contribution >= 0.6 is 11.3 Å². The van der Waals surface area contributed by atoms with Crippen molar-refractivity contribution in [3.8, 4) is 5.75 Å². The van der Waals surface area contributed by atoms with E-state index >= 15 is 0 Å². The molecule has 158 valence electrons. The molecule has 0 spiro atoms. The summed E-state index contributed by atoms with van der Waals surface area (Å²) in [5, 5.41) is 8.73. The lowest BCUT2D eigenvalue weighted by atomic mass is 10.2. The summed E-state index contributed by atoms with van der Waals surface area (Å²) < 4.78 is 46.6. The minimum atomic E-state index is -0.788. The van der Waals surface area contributed by atoms with E-state index in [1.165, 1.54) is 29.5 Å². The number of carbonyl (C=O) groups is 1. The molecular weight excluding hydrogens is 427 g/mol. The molecule has 2 heterocycles.